The molecule has 1 aliphatic heterocycles. The molecule has 1 atom stereocenters. The maximum Gasteiger partial charge on any atom is 0.162 e. The van der Waals surface area contributed by atoms with Crippen LogP contribution in [0.2, 0.25) is 5.02 Å². The summed E-state index contributed by atoms with van der Waals surface area (Å²) in [5.74, 6) is 2.82. The van der Waals surface area contributed by atoms with Gasteiger partial charge in [0.2, 0.25) is 0 Å². The molecule has 19 heavy (non-hydrogen) atoms. The molecule has 5 heteroatoms. The Kier molecular flexibility index (Phi) is 3.12. The number of benzene rings is 1. The number of ether oxygens (including phenoxy) is 2. The van der Waals surface area contributed by atoms with Gasteiger partial charge < -0.3 is 19.6 Å². The molecule has 1 aromatic heterocycles. The zero-order valence-electron chi connectivity index (χ0n) is 10.5. The van der Waals surface area contributed by atoms with Crippen LogP contribution in [-0.2, 0) is 0 Å². The molecule has 2 heterocycles. The molecule has 1 aliphatic rings. The average molecular weight is 280 g/mol. The fourth-order valence-corrected chi connectivity index (χ4v) is 2.36. The maximum atomic E-state index is 6.26. The summed E-state index contributed by atoms with van der Waals surface area (Å²) in [7, 11) is 0. The van der Waals surface area contributed by atoms with Crippen LogP contribution in [0.15, 0.2) is 28.7 Å². The van der Waals surface area contributed by atoms with Gasteiger partial charge in [0.15, 0.2) is 11.5 Å². The van der Waals surface area contributed by atoms with Gasteiger partial charge in [0.25, 0.3) is 0 Å². The van der Waals surface area contributed by atoms with Crippen molar-refractivity contribution in [2.75, 3.05) is 13.2 Å². The summed E-state index contributed by atoms with van der Waals surface area (Å²) in [6.07, 6.45) is 0. The van der Waals surface area contributed by atoms with Crippen LogP contribution in [0.5, 0.6) is 11.5 Å². The van der Waals surface area contributed by atoms with Crippen molar-refractivity contribution in [2.45, 2.75) is 13.0 Å². The molecule has 1 unspecified atom stereocenters. The van der Waals surface area contributed by atoms with E-state index in [1.54, 1.807) is 6.07 Å². The molecule has 0 aliphatic carbocycles. The Morgan fingerprint density at radius 3 is 2.47 bits per heavy atom. The Balaban J connectivity index is 2.00. The first-order valence-electron chi connectivity index (χ1n) is 6.06. The van der Waals surface area contributed by atoms with Gasteiger partial charge in [0.05, 0.1) is 6.04 Å². The van der Waals surface area contributed by atoms with Crippen LogP contribution in [0, 0.1) is 6.92 Å². The second kappa shape index (κ2) is 4.79. The minimum atomic E-state index is -0.419. The Bertz CT molecular complexity index is 609. The van der Waals surface area contributed by atoms with Gasteiger partial charge in [-0.15, -0.1) is 0 Å². The smallest absolute Gasteiger partial charge is 0.162 e. The molecule has 0 saturated carbocycles. The summed E-state index contributed by atoms with van der Waals surface area (Å²) >= 11 is 6.26. The average Bonchev–Trinajstić information content (AvgIpc) is 2.84. The van der Waals surface area contributed by atoms with E-state index in [0.717, 1.165) is 11.3 Å². The second-order valence-electron chi connectivity index (χ2n) is 4.44. The zero-order valence-corrected chi connectivity index (χ0v) is 11.2. The molecule has 3 rings (SSSR count). The highest BCUT2D eigenvalue weighted by molar-refractivity contribution is 6.31. The Morgan fingerprint density at radius 1 is 1.16 bits per heavy atom. The summed E-state index contributed by atoms with van der Waals surface area (Å²) in [5, 5.41) is 0.547. The minimum Gasteiger partial charge on any atom is -0.486 e. The number of furan rings is 1. The van der Waals surface area contributed by atoms with E-state index in [1.165, 1.54) is 0 Å². The minimum absolute atomic E-state index is 0.419. The predicted molar refractivity (Wildman–Crippen MR) is 71.9 cm³/mol. The van der Waals surface area contributed by atoms with Crippen molar-refractivity contribution in [1.29, 1.82) is 0 Å². The van der Waals surface area contributed by atoms with Crippen LogP contribution in [0.4, 0.5) is 0 Å². The van der Waals surface area contributed by atoms with Crippen molar-refractivity contribution in [3.63, 3.8) is 0 Å². The third-order valence-corrected chi connectivity index (χ3v) is 3.39. The quantitative estimate of drug-likeness (QED) is 0.918. The van der Waals surface area contributed by atoms with Crippen LogP contribution in [0.25, 0.3) is 0 Å². The van der Waals surface area contributed by atoms with Gasteiger partial charge in [-0.25, -0.2) is 0 Å². The van der Waals surface area contributed by atoms with E-state index in [4.69, 9.17) is 31.2 Å². The lowest BCUT2D eigenvalue weighted by Crippen LogP contribution is -2.17. The van der Waals surface area contributed by atoms with E-state index in [-0.39, 0.29) is 0 Å². The lowest BCUT2D eigenvalue weighted by molar-refractivity contribution is 0.171. The van der Waals surface area contributed by atoms with Crippen molar-refractivity contribution in [3.05, 3.63) is 46.4 Å². The van der Waals surface area contributed by atoms with Gasteiger partial charge in [-0.05, 0) is 30.7 Å². The second-order valence-corrected chi connectivity index (χ2v) is 4.85. The molecular weight excluding hydrogens is 266 g/mol. The van der Waals surface area contributed by atoms with E-state index in [9.17, 15) is 0 Å². The summed E-state index contributed by atoms with van der Waals surface area (Å²) in [5.41, 5.74) is 6.95. The Hall–Kier alpha value is -1.65. The molecular formula is C14H14ClNO3. The molecule has 2 N–H and O–H groups in total. The van der Waals surface area contributed by atoms with Gasteiger partial charge in [-0.1, -0.05) is 11.6 Å². The SMILES string of the molecule is Cc1ccc(C(N)c2cc3c(cc2Cl)OCCO3)o1. The molecule has 1 aromatic carbocycles. The fourth-order valence-electron chi connectivity index (χ4n) is 2.09. The number of hydrogen-bond acceptors (Lipinski definition) is 4. The number of aryl methyl sites for hydroxylation is 1. The van der Waals surface area contributed by atoms with Crippen molar-refractivity contribution >= 4 is 11.6 Å². The highest BCUT2D eigenvalue weighted by atomic mass is 35.5. The van der Waals surface area contributed by atoms with Crippen molar-refractivity contribution in [1.82, 2.24) is 0 Å². The third-order valence-electron chi connectivity index (χ3n) is 3.06. The normalized spacial score (nSPS) is 15.3. The lowest BCUT2D eigenvalue weighted by atomic mass is 10.0. The first kappa shape index (κ1) is 12.4. The van der Waals surface area contributed by atoms with Gasteiger partial charge in [-0.2, -0.15) is 0 Å². The van der Waals surface area contributed by atoms with Crippen LogP contribution in [0.3, 0.4) is 0 Å². The molecule has 0 fully saturated rings. The highest BCUT2D eigenvalue weighted by Crippen LogP contribution is 2.38. The van der Waals surface area contributed by atoms with Crippen molar-refractivity contribution in [3.8, 4) is 11.5 Å². The summed E-state index contributed by atoms with van der Waals surface area (Å²) < 4.78 is 16.6. The lowest BCUT2D eigenvalue weighted by Gasteiger charge is -2.21. The topological polar surface area (TPSA) is 57.6 Å². The first-order chi connectivity index (χ1) is 9.15. The van der Waals surface area contributed by atoms with E-state index in [1.807, 2.05) is 25.1 Å². The maximum absolute atomic E-state index is 6.26. The fraction of sp³-hybridized carbons (Fsp3) is 0.286. The van der Waals surface area contributed by atoms with Crippen molar-refractivity contribution < 1.29 is 13.9 Å². The van der Waals surface area contributed by atoms with Crippen LogP contribution < -0.4 is 15.2 Å². The van der Waals surface area contributed by atoms with E-state index in [0.29, 0.717) is 35.5 Å². The molecule has 0 spiro atoms. The highest BCUT2D eigenvalue weighted by Gasteiger charge is 2.21. The molecule has 0 bridgehead atoms. The Morgan fingerprint density at radius 2 is 1.84 bits per heavy atom. The number of rotatable bonds is 2. The number of nitrogens with two attached hydrogens (primary N) is 1. The Labute approximate surface area is 116 Å². The van der Waals surface area contributed by atoms with Crippen LogP contribution >= 0.6 is 11.6 Å². The van der Waals surface area contributed by atoms with Gasteiger partial charge in [0.1, 0.15) is 24.7 Å². The van der Waals surface area contributed by atoms with Gasteiger partial charge >= 0.3 is 0 Å². The van der Waals surface area contributed by atoms with Crippen LogP contribution in [0.1, 0.15) is 23.1 Å². The molecule has 100 valence electrons. The summed E-state index contributed by atoms with van der Waals surface area (Å²) in [6, 6.07) is 6.87. The third kappa shape index (κ3) is 2.29. The standard InChI is InChI=1S/C14H14ClNO3/c1-8-2-3-11(19-8)14(16)9-6-12-13(7-10(9)15)18-5-4-17-12/h2-3,6-7,14H,4-5,16H2,1H3. The van der Waals surface area contributed by atoms with Crippen molar-refractivity contribution in [2.24, 2.45) is 5.73 Å². The summed E-state index contributed by atoms with van der Waals surface area (Å²) in [4.78, 5) is 0. The molecule has 0 saturated heterocycles. The molecule has 0 amide bonds. The molecule has 2 aromatic rings. The van der Waals surface area contributed by atoms with Gasteiger partial charge in [0, 0.05) is 11.1 Å². The van der Waals surface area contributed by atoms with Crippen LogP contribution in [-0.4, -0.2) is 13.2 Å². The molecule has 0 radical (unpaired) electrons. The monoisotopic (exact) mass is 279 g/mol. The predicted octanol–water partition coefficient (Wildman–Crippen LogP) is 3.06. The number of halogens is 1. The summed E-state index contributed by atoms with van der Waals surface area (Å²) in [6.45, 7) is 2.94. The largest absolute Gasteiger partial charge is 0.486 e. The van der Waals surface area contributed by atoms with E-state index >= 15 is 0 Å². The number of hydrogen-bond donors (Lipinski definition) is 1. The molecule has 4 nitrogen and oxygen atoms in total. The first-order valence-corrected chi connectivity index (χ1v) is 6.44. The zero-order chi connectivity index (χ0) is 13.4. The van der Waals surface area contributed by atoms with E-state index in [2.05, 4.69) is 0 Å². The van der Waals surface area contributed by atoms with Gasteiger partial charge in [-0.3, -0.25) is 0 Å². The van der Waals surface area contributed by atoms with E-state index < -0.39 is 6.04 Å². The number of fused-ring (bicyclic) bond motifs is 1.